The molecule has 0 spiro atoms. The molecule has 0 aromatic heterocycles. The van der Waals surface area contributed by atoms with Gasteiger partial charge >= 0.3 is 0 Å². The lowest BCUT2D eigenvalue weighted by Crippen LogP contribution is -2.41. The van der Waals surface area contributed by atoms with Crippen LogP contribution in [0.25, 0.3) is 0 Å². The van der Waals surface area contributed by atoms with E-state index in [0.29, 0.717) is 28.1 Å². The van der Waals surface area contributed by atoms with Crippen LogP contribution in [0.4, 0.5) is 5.69 Å². The molecule has 3 aromatic rings. The number of carbonyl (C=O) groups excluding carboxylic acids is 3. The maximum Gasteiger partial charge on any atom is 0.269 e. The van der Waals surface area contributed by atoms with Gasteiger partial charge in [-0.1, -0.05) is 17.7 Å². The number of hydrogen-bond acceptors (Lipinski definition) is 4. The molecule has 0 radical (unpaired) electrons. The van der Waals surface area contributed by atoms with Crippen LogP contribution >= 0.6 is 0 Å². The van der Waals surface area contributed by atoms with Gasteiger partial charge in [0.1, 0.15) is 5.75 Å². The Labute approximate surface area is 186 Å². The van der Waals surface area contributed by atoms with Crippen LogP contribution in [0.1, 0.15) is 50.5 Å². The minimum Gasteiger partial charge on any atom is -0.491 e. The molecule has 0 aliphatic heterocycles. The molecule has 0 atom stereocenters. The normalized spacial score (nSPS) is 10.4. The topological polar surface area (TPSA) is 96.5 Å². The molecule has 164 valence electrons. The number of carbonyl (C=O) groups is 3. The number of amides is 3. The summed E-state index contributed by atoms with van der Waals surface area (Å²) in [5.74, 6) is -0.496. The highest BCUT2D eigenvalue weighted by Gasteiger charge is 2.11. The van der Waals surface area contributed by atoms with E-state index in [9.17, 15) is 14.4 Å². The summed E-state index contributed by atoms with van der Waals surface area (Å²) in [6, 6.07) is 20.3. The van der Waals surface area contributed by atoms with Crippen molar-refractivity contribution in [3.63, 3.8) is 0 Å². The van der Waals surface area contributed by atoms with Crippen molar-refractivity contribution < 1.29 is 19.1 Å². The molecule has 3 rings (SSSR count). The highest BCUT2D eigenvalue weighted by molar-refractivity contribution is 6.05. The Kier molecular flexibility index (Phi) is 7.23. The number of benzene rings is 3. The summed E-state index contributed by atoms with van der Waals surface area (Å²) in [6.07, 6.45) is 0.0382. The van der Waals surface area contributed by atoms with Crippen molar-refractivity contribution in [2.75, 3.05) is 5.32 Å². The fraction of sp³-hybridized carbons (Fsp3) is 0.160. The lowest BCUT2D eigenvalue weighted by Gasteiger charge is -2.11. The third-order valence-corrected chi connectivity index (χ3v) is 4.46. The summed E-state index contributed by atoms with van der Waals surface area (Å²) >= 11 is 0. The molecule has 0 saturated heterocycles. The van der Waals surface area contributed by atoms with Gasteiger partial charge in [-0.15, -0.1) is 0 Å². The van der Waals surface area contributed by atoms with E-state index in [1.165, 1.54) is 0 Å². The summed E-state index contributed by atoms with van der Waals surface area (Å²) < 4.78 is 5.54. The minimum absolute atomic E-state index is 0.0382. The van der Waals surface area contributed by atoms with Gasteiger partial charge < -0.3 is 10.1 Å². The van der Waals surface area contributed by atoms with Crippen LogP contribution in [-0.4, -0.2) is 23.8 Å². The van der Waals surface area contributed by atoms with E-state index in [1.807, 2.05) is 32.9 Å². The van der Waals surface area contributed by atoms with E-state index >= 15 is 0 Å². The second-order valence-corrected chi connectivity index (χ2v) is 7.50. The third-order valence-electron chi connectivity index (χ3n) is 4.46. The van der Waals surface area contributed by atoms with Crippen LogP contribution in [0.15, 0.2) is 72.8 Å². The summed E-state index contributed by atoms with van der Waals surface area (Å²) in [4.78, 5) is 36.9. The number of hydrazine groups is 1. The maximum absolute atomic E-state index is 12.3. The number of rotatable bonds is 6. The molecule has 0 fully saturated rings. The van der Waals surface area contributed by atoms with Gasteiger partial charge in [-0.25, -0.2) is 0 Å². The van der Waals surface area contributed by atoms with Crippen molar-refractivity contribution in [3.8, 4) is 5.75 Å². The highest BCUT2D eigenvalue weighted by atomic mass is 16.5. The van der Waals surface area contributed by atoms with Crippen LogP contribution in [0.3, 0.4) is 0 Å². The van der Waals surface area contributed by atoms with Gasteiger partial charge in [0.25, 0.3) is 17.7 Å². The Morgan fingerprint density at radius 1 is 0.719 bits per heavy atom. The zero-order valence-electron chi connectivity index (χ0n) is 18.1. The summed E-state index contributed by atoms with van der Waals surface area (Å²) in [5, 5.41) is 2.79. The standard InChI is InChI=1S/C25H25N3O4/c1-16(2)32-22-13-9-19(10-14-22)25(31)28-27-24(30)18-7-11-21(12-8-18)26-23(29)20-6-4-5-17(3)15-20/h4-16H,1-3H3,(H,26,29)(H,27,30)(H,28,31). The summed E-state index contributed by atoms with van der Waals surface area (Å²) in [5.41, 5.74) is 7.58. The molecule has 32 heavy (non-hydrogen) atoms. The zero-order valence-corrected chi connectivity index (χ0v) is 18.1. The van der Waals surface area contributed by atoms with Gasteiger partial charge in [0, 0.05) is 22.4 Å². The predicted molar refractivity (Wildman–Crippen MR) is 123 cm³/mol. The largest absolute Gasteiger partial charge is 0.491 e. The SMILES string of the molecule is Cc1cccc(C(=O)Nc2ccc(C(=O)NNC(=O)c3ccc(OC(C)C)cc3)cc2)c1. The molecule has 0 aliphatic carbocycles. The van der Waals surface area contributed by atoms with Crippen LogP contribution < -0.4 is 20.9 Å². The molecular formula is C25H25N3O4. The van der Waals surface area contributed by atoms with Gasteiger partial charge in [0.2, 0.25) is 0 Å². The van der Waals surface area contributed by atoms with E-state index in [1.54, 1.807) is 60.7 Å². The Morgan fingerprint density at radius 3 is 1.81 bits per heavy atom. The number of aryl methyl sites for hydroxylation is 1. The highest BCUT2D eigenvalue weighted by Crippen LogP contribution is 2.14. The molecule has 3 aromatic carbocycles. The third kappa shape index (κ3) is 6.18. The van der Waals surface area contributed by atoms with Gasteiger partial charge in [0.15, 0.2) is 0 Å². The van der Waals surface area contributed by atoms with Crippen molar-refractivity contribution in [3.05, 3.63) is 95.1 Å². The van der Waals surface area contributed by atoms with Crippen molar-refractivity contribution in [2.24, 2.45) is 0 Å². The molecule has 0 bridgehead atoms. The first-order valence-corrected chi connectivity index (χ1v) is 10.2. The number of anilines is 1. The average molecular weight is 431 g/mol. The Bertz CT molecular complexity index is 1110. The van der Waals surface area contributed by atoms with Crippen molar-refractivity contribution in [1.29, 1.82) is 0 Å². The van der Waals surface area contributed by atoms with E-state index in [0.717, 1.165) is 5.56 Å². The predicted octanol–water partition coefficient (Wildman–Crippen LogP) is 4.11. The minimum atomic E-state index is -0.477. The molecule has 7 nitrogen and oxygen atoms in total. The van der Waals surface area contributed by atoms with Gasteiger partial charge in [-0.05, 0) is 81.4 Å². The lowest BCUT2D eigenvalue weighted by molar-refractivity contribution is 0.0846. The Morgan fingerprint density at radius 2 is 1.28 bits per heavy atom. The molecule has 7 heteroatoms. The summed E-state index contributed by atoms with van der Waals surface area (Å²) in [6.45, 7) is 5.75. The van der Waals surface area contributed by atoms with Crippen molar-refractivity contribution >= 4 is 23.4 Å². The first kappa shape index (κ1) is 22.6. The van der Waals surface area contributed by atoms with Gasteiger partial charge in [-0.2, -0.15) is 0 Å². The van der Waals surface area contributed by atoms with Crippen LogP contribution in [-0.2, 0) is 0 Å². The monoisotopic (exact) mass is 431 g/mol. The summed E-state index contributed by atoms with van der Waals surface area (Å²) in [7, 11) is 0. The molecule has 3 amide bonds. The van der Waals surface area contributed by atoms with Gasteiger partial charge in [0.05, 0.1) is 6.10 Å². The average Bonchev–Trinajstić information content (AvgIpc) is 2.78. The number of nitrogens with one attached hydrogen (secondary N) is 3. The first-order valence-electron chi connectivity index (χ1n) is 10.2. The van der Waals surface area contributed by atoms with Crippen LogP contribution in [0.5, 0.6) is 5.75 Å². The van der Waals surface area contributed by atoms with Gasteiger partial charge in [-0.3, -0.25) is 25.2 Å². The van der Waals surface area contributed by atoms with Crippen molar-refractivity contribution in [1.82, 2.24) is 10.9 Å². The molecule has 3 N–H and O–H groups in total. The zero-order chi connectivity index (χ0) is 23.1. The van der Waals surface area contributed by atoms with E-state index in [-0.39, 0.29) is 12.0 Å². The fourth-order valence-electron chi connectivity index (χ4n) is 2.91. The molecule has 0 aliphatic rings. The van der Waals surface area contributed by atoms with Crippen LogP contribution in [0.2, 0.25) is 0 Å². The quantitative estimate of drug-likeness (QED) is 0.512. The number of ether oxygens (including phenoxy) is 1. The Hall–Kier alpha value is -4.13. The molecule has 0 saturated carbocycles. The van der Waals surface area contributed by atoms with Crippen molar-refractivity contribution in [2.45, 2.75) is 26.9 Å². The first-order chi connectivity index (χ1) is 15.3. The molecular weight excluding hydrogens is 406 g/mol. The van der Waals surface area contributed by atoms with E-state index in [2.05, 4.69) is 16.2 Å². The second kappa shape index (κ2) is 10.3. The van der Waals surface area contributed by atoms with E-state index < -0.39 is 11.8 Å². The molecule has 0 heterocycles. The maximum atomic E-state index is 12.3. The van der Waals surface area contributed by atoms with E-state index in [4.69, 9.17) is 4.74 Å². The smallest absolute Gasteiger partial charge is 0.269 e. The second-order valence-electron chi connectivity index (χ2n) is 7.50. The Balaban J connectivity index is 1.53. The lowest BCUT2D eigenvalue weighted by atomic mass is 10.1. The molecule has 0 unspecified atom stereocenters. The fourth-order valence-corrected chi connectivity index (χ4v) is 2.91. The number of hydrogen-bond donors (Lipinski definition) is 3. The van der Waals surface area contributed by atoms with Crippen LogP contribution in [0, 0.1) is 6.92 Å².